The second kappa shape index (κ2) is 24.9. The lowest BCUT2D eigenvalue weighted by molar-refractivity contribution is -0.143. The van der Waals surface area contributed by atoms with Gasteiger partial charge in [0, 0.05) is 24.7 Å². The number of nitrogens with one attached hydrogen (secondary N) is 6. The highest BCUT2D eigenvalue weighted by Gasteiger charge is 2.33. The van der Waals surface area contributed by atoms with Crippen LogP contribution in [0.5, 0.6) is 11.5 Å². The molecule has 4 atom stereocenters. The van der Waals surface area contributed by atoms with Crippen LogP contribution in [-0.2, 0) is 43.4 Å². The Labute approximate surface area is 354 Å². The fourth-order valence-electron chi connectivity index (χ4n) is 5.78. The number of ether oxygens (including phenoxy) is 2. The van der Waals surface area contributed by atoms with Crippen LogP contribution in [0.3, 0.4) is 0 Å². The summed E-state index contributed by atoms with van der Waals surface area (Å²) in [6.07, 6.45) is 2.45. The highest BCUT2D eigenvalue weighted by Crippen LogP contribution is 2.22. The smallest absolute Gasteiger partial charge is 0.408 e. The summed E-state index contributed by atoms with van der Waals surface area (Å²) >= 11 is 0. The number of aromatic amines is 1. The molecule has 0 unspecified atom stereocenters. The first-order chi connectivity index (χ1) is 29.1. The van der Waals surface area contributed by atoms with Gasteiger partial charge in [-0.15, -0.1) is 6.54 Å². The average molecular weight is 844 g/mol. The molecule has 0 bridgehead atoms. The van der Waals surface area contributed by atoms with Crippen molar-refractivity contribution in [3.63, 3.8) is 0 Å². The zero-order valence-electron chi connectivity index (χ0n) is 34.6. The first-order valence-corrected chi connectivity index (χ1v) is 19.6. The molecule has 3 aromatic carbocycles. The van der Waals surface area contributed by atoms with Gasteiger partial charge >= 0.3 is 12.1 Å². The minimum atomic E-state index is -1.19. The first-order valence-electron chi connectivity index (χ1n) is 19.6. The summed E-state index contributed by atoms with van der Waals surface area (Å²) < 4.78 is 10.5. The van der Waals surface area contributed by atoms with Gasteiger partial charge in [-0.05, 0) is 47.6 Å². The number of rotatable bonds is 21. The van der Waals surface area contributed by atoms with E-state index in [0.717, 1.165) is 11.1 Å². The fourth-order valence-corrected chi connectivity index (χ4v) is 5.78. The molecule has 0 radical (unpaired) electrons. The molecule has 5 amide bonds. The van der Waals surface area contributed by atoms with Gasteiger partial charge in [0.1, 0.15) is 42.3 Å². The molecule has 0 aliphatic heterocycles. The maximum absolute atomic E-state index is 13.8. The van der Waals surface area contributed by atoms with Gasteiger partial charge in [-0.2, -0.15) is 0 Å². The standard InChI is InChI=1S/C34H44N6O7.C9H11N2O3/c1-21(2)15-26(32(43)40-29(22(3)4)33(44)45)37-31(42)28(17-25-18-35-20-36-25)38-30(41)27(16-23-11-7-5-8-12-23)39-34(46)47-19-24-13-9-6-10-14-24;10-3-4-14-6-1-2-8(12)7(5-6)9(11)13/h5-14,18,20-22,26-29H,15-17,19H2,1-4H3,(H,35,36)(H,37,42)(H,38,41)(H,39,46)(H,40,43)(H,44,45);1-2,5,10,12H,3-4H2,(H2,11,13)/q;-1/t26-,27-,28-,29-;/m0./s1. The van der Waals surface area contributed by atoms with E-state index in [4.69, 9.17) is 20.9 Å². The van der Waals surface area contributed by atoms with E-state index >= 15 is 0 Å². The van der Waals surface area contributed by atoms with Crippen LogP contribution in [0.2, 0.25) is 0 Å². The molecule has 0 fully saturated rings. The van der Waals surface area contributed by atoms with Crippen molar-refractivity contribution in [2.24, 2.45) is 17.6 Å². The van der Waals surface area contributed by atoms with Gasteiger partial charge < -0.3 is 57.4 Å². The number of aromatic hydroxyl groups is 1. The first kappa shape index (κ1) is 48.4. The van der Waals surface area contributed by atoms with Crippen LogP contribution >= 0.6 is 0 Å². The third-order valence-electron chi connectivity index (χ3n) is 8.89. The lowest BCUT2D eigenvalue weighted by Crippen LogP contribution is -2.59. The number of imidazole rings is 1. The van der Waals surface area contributed by atoms with E-state index in [1.807, 2.05) is 50.2 Å². The summed E-state index contributed by atoms with van der Waals surface area (Å²) in [4.78, 5) is 83.0. The molecule has 328 valence electrons. The third kappa shape index (κ3) is 17.0. The van der Waals surface area contributed by atoms with E-state index in [0.29, 0.717) is 11.4 Å². The molecule has 0 saturated carbocycles. The predicted molar refractivity (Wildman–Crippen MR) is 225 cm³/mol. The predicted octanol–water partition coefficient (Wildman–Crippen LogP) is 3.65. The average Bonchev–Trinajstić information content (AvgIpc) is 3.74. The van der Waals surface area contributed by atoms with Gasteiger partial charge in [0.2, 0.25) is 17.7 Å². The summed E-state index contributed by atoms with van der Waals surface area (Å²) in [6.45, 7) is 7.44. The number of nitrogens with two attached hydrogens (primary N) is 1. The zero-order valence-corrected chi connectivity index (χ0v) is 34.6. The van der Waals surface area contributed by atoms with Crippen molar-refractivity contribution in [1.82, 2.24) is 31.2 Å². The summed E-state index contributed by atoms with van der Waals surface area (Å²) in [7, 11) is 0. The molecule has 4 aromatic rings. The van der Waals surface area contributed by atoms with Gasteiger partial charge in [0.15, 0.2) is 0 Å². The maximum Gasteiger partial charge on any atom is 0.408 e. The minimum absolute atomic E-state index is 0.00392. The van der Waals surface area contributed by atoms with Crippen molar-refractivity contribution < 1.29 is 48.5 Å². The SMILES string of the molecule is CC(C)C[C@H](NC(=O)[C@H](Cc1cnc[nH]1)NC(=O)[C@H](Cc1ccccc1)NC(=O)OCc1ccccc1)C(=O)N[C@H](C(=O)O)C(C)C.[NH-]CCOc1ccc(O)c(C(N)=O)c1. The monoisotopic (exact) mass is 843 g/mol. The van der Waals surface area contributed by atoms with Crippen LogP contribution in [0.15, 0.2) is 91.4 Å². The lowest BCUT2D eigenvalue weighted by atomic mass is 9.99. The molecular formula is C43H55N8O10-. The Balaban J connectivity index is 0.000000598. The van der Waals surface area contributed by atoms with E-state index in [9.17, 15) is 39.0 Å². The van der Waals surface area contributed by atoms with Crippen molar-refractivity contribution in [2.45, 2.75) is 77.7 Å². The Kier molecular flexibility index (Phi) is 19.7. The highest BCUT2D eigenvalue weighted by molar-refractivity contribution is 5.96. The number of aromatic nitrogens is 2. The molecule has 0 saturated heterocycles. The van der Waals surface area contributed by atoms with Crippen molar-refractivity contribution in [2.75, 3.05) is 13.2 Å². The Bertz CT molecular complexity index is 2010. The molecule has 0 spiro atoms. The van der Waals surface area contributed by atoms with Gasteiger partial charge in [0.25, 0.3) is 5.91 Å². The number of primary amides is 1. The molecule has 0 aliphatic rings. The Morgan fingerprint density at radius 1 is 0.787 bits per heavy atom. The van der Waals surface area contributed by atoms with Crippen molar-refractivity contribution in [1.29, 1.82) is 0 Å². The number of hydrogen-bond donors (Lipinski definition) is 8. The highest BCUT2D eigenvalue weighted by atomic mass is 16.5. The number of carbonyl (C=O) groups excluding carboxylic acids is 5. The second-order valence-corrected chi connectivity index (χ2v) is 14.7. The zero-order chi connectivity index (χ0) is 44.9. The number of phenols is 1. The van der Waals surface area contributed by atoms with Crippen LogP contribution in [0, 0.1) is 11.8 Å². The Hall–Kier alpha value is -6.95. The quantitative estimate of drug-likeness (QED) is 0.0599. The summed E-state index contributed by atoms with van der Waals surface area (Å²) in [5.74, 6) is -4.05. The summed E-state index contributed by atoms with van der Waals surface area (Å²) in [5.41, 5.74) is 14.0. The summed E-state index contributed by atoms with van der Waals surface area (Å²) in [6, 6.07) is 17.8. The van der Waals surface area contributed by atoms with Crippen molar-refractivity contribution >= 4 is 35.7 Å². The van der Waals surface area contributed by atoms with E-state index in [-0.39, 0.29) is 56.3 Å². The van der Waals surface area contributed by atoms with E-state index < -0.39 is 65.8 Å². The number of carbonyl (C=O) groups is 6. The van der Waals surface area contributed by atoms with Crippen LogP contribution in [0.25, 0.3) is 5.73 Å². The molecular weight excluding hydrogens is 789 g/mol. The van der Waals surface area contributed by atoms with Gasteiger partial charge in [-0.25, -0.2) is 14.6 Å². The van der Waals surface area contributed by atoms with Crippen LogP contribution in [0.4, 0.5) is 4.79 Å². The molecule has 0 aliphatic carbocycles. The number of aliphatic carboxylic acids is 1. The normalized spacial score (nSPS) is 12.7. The van der Waals surface area contributed by atoms with E-state index in [1.54, 1.807) is 38.1 Å². The number of benzene rings is 3. The number of carboxylic acid groups (broad SMARTS) is 1. The van der Waals surface area contributed by atoms with Gasteiger partial charge in [0.05, 0.1) is 18.5 Å². The number of amides is 5. The third-order valence-corrected chi connectivity index (χ3v) is 8.89. The van der Waals surface area contributed by atoms with Crippen LogP contribution in [0.1, 0.15) is 61.3 Å². The Morgan fingerprint density at radius 2 is 1.38 bits per heavy atom. The van der Waals surface area contributed by atoms with Crippen LogP contribution in [-0.4, -0.2) is 93.2 Å². The molecule has 1 aromatic heterocycles. The van der Waals surface area contributed by atoms with Gasteiger partial charge in [-0.3, -0.25) is 19.2 Å². The number of carboxylic acids is 1. The van der Waals surface area contributed by atoms with Crippen molar-refractivity contribution in [3.05, 3.63) is 120 Å². The molecule has 1 heterocycles. The second-order valence-electron chi connectivity index (χ2n) is 14.7. The van der Waals surface area contributed by atoms with Gasteiger partial charge in [-0.1, -0.05) is 88.4 Å². The maximum atomic E-state index is 13.8. The summed E-state index contributed by atoms with van der Waals surface area (Å²) in [5, 5.41) is 29.4. The van der Waals surface area contributed by atoms with Crippen LogP contribution < -0.4 is 31.7 Å². The number of nitrogens with zero attached hydrogens (tertiary/aromatic N) is 1. The fraction of sp³-hybridized carbons (Fsp3) is 0.372. The Morgan fingerprint density at radius 3 is 1.92 bits per heavy atom. The minimum Gasteiger partial charge on any atom is -0.675 e. The van der Waals surface area contributed by atoms with E-state index in [1.165, 1.54) is 30.7 Å². The molecule has 61 heavy (non-hydrogen) atoms. The largest absolute Gasteiger partial charge is 0.675 e. The molecule has 10 N–H and O–H groups in total. The number of hydrogen-bond acceptors (Lipinski definition) is 10. The number of H-pyrrole nitrogens is 1. The van der Waals surface area contributed by atoms with E-state index in [2.05, 4.69) is 31.2 Å². The van der Waals surface area contributed by atoms with Crippen molar-refractivity contribution in [3.8, 4) is 11.5 Å². The number of alkyl carbamates (subject to hydrolysis) is 1. The molecule has 18 heteroatoms. The lowest BCUT2D eigenvalue weighted by Gasteiger charge is -2.27. The molecule has 18 nitrogen and oxygen atoms in total. The topological polar surface area (TPSA) is 288 Å². The molecule has 4 rings (SSSR count).